The average Bonchev–Trinajstić information content (AvgIpc) is 2.96. The fourth-order valence-electron chi connectivity index (χ4n) is 3.47. The third-order valence-corrected chi connectivity index (χ3v) is 6.87. The van der Waals surface area contributed by atoms with Crippen molar-refractivity contribution in [1.29, 1.82) is 0 Å². The molecule has 2 amide bonds. The molecule has 1 aliphatic heterocycles. The molecule has 0 saturated carbocycles. The van der Waals surface area contributed by atoms with Crippen molar-refractivity contribution in [3.8, 4) is 0 Å². The zero-order chi connectivity index (χ0) is 22.2. The molecule has 3 aromatic carbocycles. The van der Waals surface area contributed by atoms with Crippen LogP contribution in [0.3, 0.4) is 0 Å². The van der Waals surface area contributed by atoms with Crippen LogP contribution >= 0.6 is 0 Å². The molecule has 4 rings (SSSR count). The number of amides is 2. The van der Waals surface area contributed by atoms with Crippen molar-refractivity contribution >= 4 is 33.4 Å². The van der Waals surface area contributed by atoms with Crippen molar-refractivity contribution in [2.45, 2.75) is 13.1 Å². The maximum absolute atomic E-state index is 13.4. The van der Waals surface area contributed by atoms with Gasteiger partial charge in [-0.15, -0.1) is 0 Å². The minimum atomic E-state index is -3.85. The summed E-state index contributed by atoms with van der Waals surface area (Å²) in [6, 6.07) is 20.1. The molecule has 1 aliphatic rings. The SMILES string of the molecule is NC(=O)c1ccc(CN2c3ccccc3N(Cc3ccc(C(N)=O)cc3)S2(=O)=O)cc1. The van der Waals surface area contributed by atoms with E-state index in [2.05, 4.69) is 0 Å². The van der Waals surface area contributed by atoms with Gasteiger partial charge >= 0.3 is 10.2 Å². The van der Waals surface area contributed by atoms with E-state index in [1.165, 1.54) is 8.61 Å². The van der Waals surface area contributed by atoms with Gasteiger partial charge in [-0.3, -0.25) is 9.59 Å². The van der Waals surface area contributed by atoms with Crippen LogP contribution < -0.4 is 20.1 Å². The van der Waals surface area contributed by atoms with Crippen LogP contribution in [-0.2, 0) is 23.3 Å². The summed E-state index contributed by atoms with van der Waals surface area (Å²) in [5.74, 6) is -1.08. The molecule has 158 valence electrons. The van der Waals surface area contributed by atoms with Crippen LogP contribution in [-0.4, -0.2) is 20.2 Å². The second-order valence-corrected chi connectivity index (χ2v) is 8.91. The van der Waals surface area contributed by atoms with Gasteiger partial charge in [-0.25, -0.2) is 8.61 Å². The molecule has 31 heavy (non-hydrogen) atoms. The number of hydrogen-bond donors (Lipinski definition) is 2. The lowest BCUT2D eigenvalue weighted by molar-refractivity contribution is 0.0992. The van der Waals surface area contributed by atoms with E-state index in [4.69, 9.17) is 11.5 Å². The maximum atomic E-state index is 13.4. The number of carbonyl (C=O) groups is 2. The molecule has 0 aliphatic carbocycles. The summed E-state index contributed by atoms with van der Waals surface area (Å²) in [6.07, 6.45) is 0. The van der Waals surface area contributed by atoms with Crippen molar-refractivity contribution in [2.24, 2.45) is 11.5 Å². The molecule has 4 N–H and O–H groups in total. The van der Waals surface area contributed by atoms with Crippen LogP contribution in [0.5, 0.6) is 0 Å². The third kappa shape index (κ3) is 3.82. The first-order valence-electron chi connectivity index (χ1n) is 9.44. The van der Waals surface area contributed by atoms with E-state index < -0.39 is 22.0 Å². The van der Waals surface area contributed by atoms with E-state index in [1.54, 1.807) is 72.8 Å². The van der Waals surface area contributed by atoms with Gasteiger partial charge in [-0.1, -0.05) is 36.4 Å². The van der Waals surface area contributed by atoms with Crippen LogP contribution in [0, 0.1) is 0 Å². The first-order chi connectivity index (χ1) is 14.8. The van der Waals surface area contributed by atoms with E-state index in [1.807, 2.05) is 0 Å². The highest BCUT2D eigenvalue weighted by molar-refractivity contribution is 7.94. The summed E-state index contributed by atoms with van der Waals surface area (Å²) >= 11 is 0. The van der Waals surface area contributed by atoms with Crippen molar-refractivity contribution in [2.75, 3.05) is 8.61 Å². The van der Waals surface area contributed by atoms with Crippen molar-refractivity contribution in [3.63, 3.8) is 0 Å². The molecular formula is C22H20N4O4S. The number of nitrogens with two attached hydrogens (primary N) is 2. The minimum absolute atomic E-state index is 0.107. The van der Waals surface area contributed by atoms with Crippen LogP contribution in [0.25, 0.3) is 0 Å². The molecule has 8 nitrogen and oxygen atoms in total. The largest absolute Gasteiger partial charge is 0.366 e. The smallest absolute Gasteiger partial charge is 0.327 e. The third-order valence-electron chi connectivity index (χ3n) is 5.11. The first kappa shape index (κ1) is 20.4. The van der Waals surface area contributed by atoms with E-state index in [-0.39, 0.29) is 13.1 Å². The summed E-state index contributed by atoms with van der Waals surface area (Å²) in [4.78, 5) is 22.6. The fourth-order valence-corrected chi connectivity index (χ4v) is 5.14. The lowest BCUT2D eigenvalue weighted by atomic mass is 10.1. The van der Waals surface area contributed by atoms with Gasteiger partial charge in [0.15, 0.2) is 0 Å². The van der Waals surface area contributed by atoms with Gasteiger partial charge in [0.1, 0.15) is 0 Å². The molecular weight excluding hydrogens is 416 g/mol. The predicted molar refractivity (Wildman–Crippen MR) is 118 cm³/mol. The quantitative estimate of drug-likeness (QED) is 0.614. The number of primary amides is 2. The van der Waals surface area contributed by atoms with E-state index in [9.17, 15) is 18.0 Å². The number of para-hydroxylation sites is 2. The Morgan fingerprint density at radius 2 is 1.00 bits per heavy atom. The number of nitrogens with zero attached hydrogens (tertiary/aromatic N) is 2. The standard InChI is InChI=1S/C22H20N4O4S/c23-21(27)17-9-5-15(6-10-17)13-25-19-3-1-2-4-20(19)26(31(25,29)30)14-16-7-11-18(12-8-16)22(24)28/h1-12H,13-14H2,(H2,23,27)(H2,24,28). The Morgan fingerprint density at radius 3 is 1.32 bits per heavy atom. The first-order valence-corrected chi connectivity index (χ1v) is 10.8. The van der Waals surface area contributed by atoms with Gasteiger partial charge in [0.05, 0.1) is 24.5 Å². The molecule has 0 radical (unpaired) electrons. The summed E-state index contributed by atoms with van der Waals surface area (Å²) in [5.41, 5.74) is 13.8. The summed E-state index contributed by atoms with van der Waals surface area (Å²) < 4.78 is 29.5. The Bertz CT molecular complexity index is 1160. The molecule has 0 saturated heterocycles. The van der Waals surface area contributed by atoms with Crippen LogP contribution in [0.2, 0.25) is 0 Å². The number of carbonyl (C=O) groups excluding carboxylic acids is 2. The lowest BCUT2D eigenvalue weighted by Crippen LogP contribution is -2.37. The minimum Gasteiger partial charge on any atom is -0.366 e. The van der Waals surface area contributed by atoms with Crippen LogP contribution in [0.15, 0.2) is 72.8 Å². The highest BCUT2D eigenvalue weighted by Gasteiger charge is 2.40. The molecule has 3 aromatic rings. The van der Waals surface area contributed by atoms with Gasteiger partial charge in [0, 0.05) is 11.1 Å². The molecule has 0 atom stereocenters. The molecule has 9 heteroatoms. The van der Waals surface area contributed by atoms with Crippen LogP contribution in [0.1, 0.15) is 31.8 Å². The Labute approximate surface area is 179 Å². The monoisotopic (exact) mass is 436 g/mol. The number of fused-ring (bicyclic) bond motifs is 1. The highest BCUT2D eigenvalue weighted by atomic mass is 32.2. The molecule has 1 heterocycles. The molecule has 0 fully saturated rings. The normalized spacial score (nSPS) is 14.3. The zero-order valence-electron chi connectivity index (χ0n) is 16.4. The van der Waals surface area contributed by atoms with Crippen molar-refractivity contribution in [3.05, 3.63) is 95.1 Å². The lowest BCUT2D eigenvalue weighted by Gasteiger charge is -2.22. The van der Waals surface area contributed by atoms with Gasteiger partial charge in [-0.2, -0.15) is 8.42 Å². The Balaban J connectivity index is 1.65. The summed E-state index contributed by atoms with van der Waals surface area (Å²) in [5, 5.41) is 0. The topological polar surface area (TPSA) is 127 Å². The Hall–Kier alpha value is -3.85. The van der Waals surface area contributed by atoms with Crippen LogP contribution in [0.4, 0.5) is 11.4 Å². The Kier molecular flexibility index (Phi) is 5.12. The van der Waals surface area contributed by atoms with Gasteiger partial charge in [0.2, 0.25) is 11.8 Å². The van der Waals surface area contributed by atoms with Gasteiger partial charge in [-0.05, 0) is 47.5 Å². The molecule has 0 spiro atoms. The second kappa shape index (κ2) is 7.77. The summed E-state index contributed by atoms with van der Waals surface area (Å²) in [6.45, 7) is 0.213. The van der Waals surface area contributed by atoms with E-state index in [0.717, 1.165) is 11.1 Å². The maximum Gasteiger partial charge on any atom is 0.327 e. The number of anilines is 2. The predicted octanol–water partition coefficient (Wildman–Crippen LogP) is 2.16. The van der Waals surface area contributed by atoms with Gasteiger partial charge in [0.25, 0.3) is 0 Å². The van der Waals surface area contributed by atoms with Crippen molar-refractivity contribution in [1.82, 2.24) is 0 Å². The molecule has 0 unspecified atom stereocenters. The fraction of sp³-hybridized carbons (Fsp3) is 0.0909. The number of hydrogen-bond acceptors (Lipinski definition) is 4. The average molecular weight is 436 g/mol. The Morgan fingerprint density at radius 1 is 0.645 bits per heavy atom. The van der Waals surface area contributed by atoms with Crippen molar-refractivity contribution < 1.29 is 18.0 Å². The van der Waals surface area contributed by atoms with Gasteiger partial charge < -0.3 is 11.5 Å². The van der Waals surface area contributed by atoms with E-state index in [0.29, 0.717) is 22.5 Å². The van der Waals surface area contributed by atoms with E-state index >= 15 is 0 Å². The highest BCUT2D eigenvalue weighted by Crippen LogP contribution is 2.42. The molecule has 0 aromatic heterocycles. The molecule has 0 bridgehead atoms. The summed E-state index contributed by atoms with van der Waals surface area (Å²) in [7, 11) is -3.85. The zero-order valence-corrected chi connectivity index (χ0v) is 17.2. The number of rotatable bonds is 6. The number of benzene rings is 3. The second-order valence-electron chi connectivity index (χ2n) is 7.13.